The van der Waals surface area contributed by atoms with Crippen molar-refractivity contribution in [3.05, 3.63) is 27.5 Å². The third-order valence-corrected chi connectivity index (χ3v) is 3.38. The first-order chi connectivity index (χ1) is 9.26. The molecule has 0 aliphatic rings. The number of methoxy groups -OCH3 is 1. The van der Waals surface area contributed by atoms with Gasteiger partial charge >= 0.3 is 11.9 Å². The van der Waals surface area contributed by atoms with Gasteiger partial charge in [0.05, 0.1) is 7.11 Å². The summed E-state index contributed by atoms with van der Waals surface area (Å²) in [5, 5.41) is 0. The standard InChI is InChI=1S/C15H20O4S/c1-6-10(13(16)18-5)9-11-7-8-12(20-11)14(17)19-15(2,3)4/h7-9H,6H2,1-5H3. The van der Waals surface area contributed by atoms with Gasteiger partial charge in [0.2, 0.25) is 0 Å². The van der Waals surface area contributed by atoms with Crippen LogP contribution in [0.1, 0.15) is 48.7 Å². The molecule has 0 spiro atoms. The van der Waals surface area contributed by atoms with Crippen molar-refractivity contribution < 1.29 is 19.1 Å². The monoisotopic (exact) mass is 296 g/mol. The molecule has 1 aromatic rings. The third-order valence-electron chi connectivity index (χ3n) is 2.37. The predicted molar refractivity (Wildman–Crippen MR) is 79.8 cm³/mol. The number of esters is 2. The van der Waals surface area contributed by atoms with Gasteiger partial charge in [-0.3, -0.25) is 0 Å². The van der Waals surface area contributed by atoms with Gasteiger partial charge in [-0.15, -0.1) is 11.3 Å². The maximum absolute atomic E-state index is 11.9. The Kier molecular flexibility index (Phi) is 5.51. The number of carbonyl (C=O) groups excluding carboxylic acids is 2. The van der Waals surface area contributed by atoms with Gasteiger partial charge in [0.25, 0.3) is 0 Å². The van der Waals surface area contributed by atoms with Crippen molar-refractivity contribution in [3.63, 3.8) is 0 Å². The SMILES string of the molecule is CCC(=Cc1ccc(C(=O)OC(C)(C)C)s1)C(=O)OC. The number of carbonyl (C=O) groups is 2. The fraction of sp³-hybridized carbons (Fsp3) is 0.467. The highest BCUT2D eigenvalue weighted by molar-refractivity contribution is 7.14. The maximum Gasteiger partial charge on any atom is 0.348 e. The minimum atomic E-state index is -0.516. The summed E-state index contributed by atoms with van der Waals surface area (Å²) < 4.78 is 10.00. The highest BCUT2D eigenvalue weighted by Crippen LogP contribution is 2.23. The van der Waals surface area contributed by atoms with E-state index in [2.05, 4.69) is 0 Å². The molecule has 0 saturated carbocycles. The summed E-state index contributed by atoms with van der Waals surface area (Å²) in [4.78, 5) is 24.7. The van der Waals surface area contributed by atoms with Crippen LogP contribution in [0.25, 0.3) is 6.08 Å². The zero-order chi connectivity index (χ0) is 15.3. The van der Waals surface area contributed by atoms with E-state index in [-0.39, 0.29) is 11.9 Å². The molecule has 0 unspecified atom stereocenters. The van der Waals surface area contributed by atoms with Gasteiger partial charge in [-0.2, -0.15) is 0 Å². The molecular weight excluding hydrogens is 276 g/mol. The molecule has 0 atom stereocenters. The van der Waals surface area contributed by atoms with E-state index in [4.69, 9.17) is 9.47 Å². The van der Waals surface area contributed by atoms with E-state index in [0.29, 0.717) is 16.9 Å². The Hall–Kier alpha value is -1.62. The van der Waals surface area contributed by atoms with Crippen molar-refractivity contribution in [1.82, 2.24) is 0 Å². The van der Waals surface area contributed by atoms with Crippen LogP contribution in [0.3, 0.4) is 0 Å². The number of hydrogen-bond acceptors (Lipinski definition) is 5. The molecule has 0 aliphatic heterocycles. The van der Waals surface area contributed by atoms with Gasteiger partial charge in [0.15, 0.2) is 0 Å². The number of thiophene rings is 1. The second-order valence-corrected chi connectivity index (χ2v) is 6.33. The molecule has 0 fully saturated rings. The summed E-state index contributed by atoms with van der Waals surface area (Å²) in [5.74, 6) is -0.696. The molecule has 1 aromatic heterocycles. The lowest BCUT2D eigenvalue weighted by Crippen LogP contribution is -2.23. The molecular formula is C15H20O4S. The van der Waals surface area contributed by atoms with Crippen LogP contribution in [0, 0.1) is 0 Å². The van der Waals surface area contributed by atoms with Gasteiger partial charge in [-0.25, -0.2) is 9.59 Å². The van der Waals surface area contributed by atoms with Gasteiger partial charge in [-0.1, -0.05) is 6.92 Å². The van der Waals surface area contributed by atoms with Crippen LogP contribution in [0.2, 0.25) is 0 Å². The highest BCUT2D eigenvalue weighted by Gasteiger charge is 2.19. The first-order valence-electron chi connectivity index (χ1n) is 6.39. The van der Waals surface area contributed by atoms with Crippen LogP contribution in [0.5, 0.6) is 0 Å². The van der Waals surface area contributed by atoms with Crippen molar-refractivity contribution in [2.24, 2.45) is 0 Å². The van der Waals surface area contributed by atoms with Gasteiger partial charge in [-0.05, 0) is 45.4 Å². The molecule has 0 bridgehead atoms. The van der Waals surface area contributed by atoms with Crippen LogP contribution in [0.4, 0.5) is 0 Å². The molecule has 0 radical (unpaired) electrons. The Labute approximate surface area is 123 Å². The normalized spacial score (nSPS) is 12.2. The summed E-state index contributed by atoms with van der Waals surface area (Å²) in [5.41, 5.74) is 0.0580. The zero-order valence-corrected chi connectivity index (χ0v) is 13.3. The summed E-state index contributed by atoms with van der Waals surface area (Å²) in [7, 11) is 1.35. The summed E-state index contributed by atoms with van der Waals surface area (Å²) in [6.07, 6.45) is 2.32. The number of ether oxygens (including phenoxy) is 2. The first kappa shape index (κ1) is 16.4. The Bertz CT molecular complexity index is 520. The molecule has 0 aromatic carbocycles. The first-order valence-corrected chi connectivity index (χ1v) is 7.20. The lowest BCUT2D eigenvalue weighted by Gasteiger charge is -2.18. The summed E-state index contributed by atoms with van der Waals surface area (Å²) in [6, 6.07) is 3.50. The Morgan fingerprint density at radius 2 is 1.95 bits per heavy atom. The van der Waals surface area contributed by atoms with Gasteiger partial charge in [0.1, 0.15) is 10.5 Å². The Morgan fingerprint density at radius 3 is 2.45 bits per heavy atom. The quantitative estimate of drug-likeness (QED) is 0.628. The van der Waals surface area contributed by atoms with E-state index in [1.54, 1.807) is 18.2 Å². The molecule has 110 valence electrons. The van der Waals surface area contributed by atoms with Crippen molar-refractivity contribution in [2.45, 2.75) is 39.7 Å². The Balaban J connectivity index is 2.89. The lowest BCUT2D eigenvalue weighted by atomic mass is 10.2. The average molecular weight is 296 g/mol. The van der Waals surface area contributed by atoms with Crippen LogP contribution in [-0.2, 0) is 14.3 Å². The van der Waals surface area contributed by atoms with Gasteiger partial charge < -0.3 is 9.47 Å². The number of rotatable bonds is 4. The second-order valence-electron chi connectivity index (χ2n) is 5.22. The topological polar surface area (TPSA) is 52.6 Å². The van der Waals surface area contributed by atoms with E-state index < -0.39 is 5.60 Å². The molecule has 0 aliphatic carbocycles. The molecule has 0 N–H and O–H groups in total. The van der Waals surface area contributed by atoms with Crippen LogP contribution in [-0.4, -0.2) is 24.6 Å². The van der Waals surface area contributed by atoms with E-state index in [0.717, 1.165) is 4.88 Å². The Morgan fingerprint density at radius 1 is 1.30 bits per heavy atom. The highest BCUT2D eigenvalue weighted by atomic mass is 32.1. The van der Waals surface area contributed by atoms with Gasteiger partial charge in [0, 0.05) is 10.5 Å². The van der Waals surface area contributed by atoms with Crippen molar-refractivity contribution in [2.75, 3.05) is 7.11 Å². The molecule has 1 rings (SSSR count). The fourth-order valence-electron chi connectivity index (χ4n) is 1.48. The molecule has 0 saturated heterocycles. The zero-order valence-electron chi connectivity index (χ0n) is 12.5. The predicted octanol–water partition coefficient (Wildman–Crippen LogP) is 3.67. The molecule has 20 heavy (non-hydrogen) atoms. The van der Waals surface area contributed by atoms with Crippen molar-refractivity contribution >= 4 is 29.4 Å². The van der Waals surface area contributed by atoms with Crippen molar-refractivity contribution in [3.8, 4) is 0 Å². The summed E-state index contributed by atoms with van der Waals surface area (Å²) in [6.45, 7) is 7.36. The molecule has 5 heteroatoms. The van der Waals surface area contributed by atoms with Crippen LogP contribution in [0.15, 0.2) is 17.7 Å². The van der Waals surface area contributed by atoms with Crippen LogP contribution >= 0.6 is 11.3 Å². The van der Waals surface area contributed by atoms with E-state index in [1.807, 2.05) is 27.7 Å². The molecule has 0 amide bonds. The smallest absolute Gasteiger partial charge is 0.348 e. The minimum Gasteiger partial charge on any atom is -0.466 e. The largest absolute Gasteiger partial charge is 0.466 e. The van der Waals surface area contributed by atoms with E-state index in [1.165, 1.54) is 18.4 Å². The van der Waals surface area contributed by atoms with Crippen molar-refractivity contribution in [1.29, 1.82) is 0 Å². The van der Waals surface area contributed by atoms with Crippen LogP contribution < -0.4 is 0 Å². The molecule has 1 heterocycles. The summed E-state index contributed by atoms with van der Waals surface area (Å²) >= 11 is 1.29. The average Bonchev–Trinajstić information content (AvgIpc) is 2.81. The minimum absolute atomic E-state index is 0.347. The number of hydrogen-bond donors (Lipinski definition) is 0. The van der Waals surface area contributed by atoms with E-state index >= 15 is 0 Å². The second kappa shape index (κ2) is 6.70. The lowest BCUT2D eigenvalue weighted by molar-refractivity contribution is -0.136. The fourth-order valence-corrected chi connectivity index (χ4v) is 2.33. The van der Waals surface area contributed by atoms with E-state index in [9.17, 15) is 9.59 Å². The third kappa shape index (κ3) is 4.81. The maximum atomic E-state index is 11.9. The molecule has 4 nitrogen and oxygen atoms in total.